The molecule has 2 aromatic rings. The molecule has 0 unspecified atom stereocenters. The third-order valence-corrected chi connectivity index (χ3v) is 5.75. The van der Waals surface area contributed by atoms with Crippen molar-refractivity contribution in [3.05, 3.63) is 47.4 Å². The number of benzene rings is 1. The van der Waals surface area contributed by atoms with Crippen LogP contribution < -0.4 is 0 Å². The Bertz CT molecular complexity index is 806. The minimum Gasteiger partial charge on any atom is -0.342 e. The SMILES string of the molecule is O=C(CN1CCC[C@@H](c2cncc(-c3cccc(Cl)c3)n2)C1)N1CCCC1. The lowest BCUT2D eigenvalue weighted by Crippen LogP contribution is -2.43. The Morgan fingerprint density at radius 3 is 2.81 bits per heavy atom. The van der Waals surface area contributed by atoms with Gasteiger partial charge < -0.3 is 4.90 Å². The second kappa shape index (κ2) is 8.36. The highest BCUT2D eigenvalue weighted by Gasteiger charge is 2.26. The molecule has 0 saturated carbocycles. The van der Waals surface area contributed by atoms with Gasteiger partial charge in [0.25, 0.3) is 0 Å². The van der Waals surface area contributed by atoms with E-state index in [1.165, 1.54) is 0 Å². The van der Waals surface area contributed by atoms with Crippen LogP contribution in [0.15, 0.2) is 36.7 Å². The van der Waals surface area contributed by atoms with Crippen molar-refractivity contribution in [1.82, 2.24) is 19.8 Å². The minimum atomic E-state index is 0.270. The first-order valence-corrected chi connectivity index (χ1v) is 10.1. The molecule has 0 spiro atoms. The van der Waals surface area contributed by atoms with Gasteiger partial charge in [-0.05, 0) is 44.4 Å². The fourth-order valence-electron chi connectivity index (χ4n) is 4.06. The fraction of sp³-hybridized carbons (Fsp3) is 0.476. The van der Waals surface area contributed by atoms with Crippen LogP contribution in [0.5, 0.6) is 0 Å². The average molecular weight is 385 g/mol. The molecule has 0 aliphatic carbocycles. The van der Waals surface area contributed by atoms with Gasteiger partial charge >= 0.3 is 0 Å². The number of carbonyl (C=O) groups is 1. The zero-order chi connectivity index (χ0) is 18.6. The predicted octanol–water partition coefficient (Wildman–Crippen LogP) is 3.60. The smallest absolute Gasteiger partial charge is 0.236 e. The van der Waals surface area contributed by atoms with Gasteiger partial charge in [-0.15, -0.1) is 0 Å². The predicted molar refractivity (Wildman–Crippen MR) is 107 cm³/mol. The first-order valence-electron chi connectivity index (χ1n) is 9.77. The van der Waals surface area contributed by atoms with Crippen molar-refractivity contribution in [2.45, 2.75) is 31.6 Å². The number of nitrogens with zero attached hydrogens (tertiary/aromatic N) is 4. The second-order valence-corrected chi connectivity index (χ2v) is 7.94. The maximum absolute atomic E-state index is 12.5. The molecular formula is C21H25ClN4O. The summed E-state index contributed by atoms with van der Waals surface area (Å²) in [7, 11) is 0. The van der Waals surface area contributed by atoms with Crippen LogP contribution in [0.25, 0.3) is 11.3 Å². The van der Waals surface area contributed by atoms with Crippen molar-refractivity contribution < 1.29 is 4.79 Å². The molecule has 27 heavy (non-hydrogen) atoms. The molecule has 4 rings (SSSR count). The molecule has 2 saturated heterocycles. The van der Waals surface area contributed by atoms with Crippen molar-refractivity contribution >= 4 is 17.5 Å². The molecule has 1 aromatic heterocycles. The van der Waals surface area contributed by atoms with Gasteiger partial charge in [0, 0.05) is 42.3 Å². The summed E-state index contributed by atoms with van der Waals surface area (Å²) in [6.45, 7) is 4.22. The number of rotatable bonds is 4. The highest BCUT2D eigenvalue weighted by Crippen LogP contribution is 2.27. The molecule has 3 heterocycles. The Balaban J connectivity index is 1.45. The molecule has 5 nitrogen and oxygen atoms in total. The normalized spacial score (nSPS) is 20.8. The van der Waals surface area contributed by atoms with Gasteiger partial charge in [0.2, 0.25) is 5.91 Å². The number of piperidine rings is 1. The van der Waals surface area contributed by atoms with E-state index in [0.717, 1.165) is 68.8 Å². The number of amides is 1. The number of likely N-dealkylation sites (tertiary alicyclic amines) is 2. The van der Waals surface area contributed by atoms with Crippen molar-refractivity contribution in [3.63, 3.8) is 0 Å². The lowest BCUT2D eigenvalue weighted by atomic mass is 9.94. The van der Waals surface area contributed by atoms with E-state index in [2.05, 4.69) is 9.88 Å². The van der Waals surface area contributed by atoms with Crippen LogP contribution in [0.4, 0.5) is 0 Å². The summed E-state index contributed by atoms with van der Waals surface area (Å²) < 4.78 is 0. The average Bonchev–Trinajstić information content (AvgIpc) is 3.23. The zero-order valence-corrected chi connectivity index (χ0v) is 16.2. The lowest BCUT2D eigenvalue weighted by molar-refractivity contribution is -0.131. The van der Waals surface area contributed by atoms with E-state index in [1.54, 1.807) is 6.20 Å². The number of halogens is 1. The van der Waals surface area contributed by atoms with Crippen LogP contribution in [0.1, 0.15) is 37.3 Å². The number of carbonyl (C=O) groups excluding carboxylic acids is 1. The highest BCUT2D eigenvalue weighted by atomic mass is 35.5. The quantitative estimate of drug-likeness (QED) is 0.808. The van der Waals surface area contributed by atoms with Crippen LogP contribution >= 0.6 is 11.6 Å². The number of hydrogen-bond acceptors (Lipinski definition) is 4. The van der Waals surface area contributed by atoms with Crippen molar-refractivity contribution in [1.29, 1.82) is 0 Å². The zero-order valence-electron chi connectivity index (χ0n) is 15.5. The summed E-state index contributed by atoms with van der Waals surface area (Å²) in [5.74, 6) is 0.587. The third kappa shape index (κ3) is 4.47. The standard InChI is InChI=1S/C21H25ClN4O/c22-18-7-3-5-16(11-18)19-12-23-13-20(24-19)17-6-4-8-25(14-17)15-21(27)26-9-1-2-10-26/h3,5,7,11-13,17H,1-2,4,6,8-10,14-15H2/t17-/m1/s1. The van der Waals surface area contributed by atoms with Crippen LogP contribution in [-0.4, -0.2) is 58.4 Å². The van der Waals surface area contributed by atoms with Gasteiger partial charge in [-0.1, -0.05) is 23.7 Å². The monoisotopic (exact) mass is 384 g/mol. The van der Waals surface area contributed by atoms with Crippen molar-refractivity contribution in [3.8, 4) is 11.3 Å². The summed E-state index contributed by atoms with van der Waals surface area (Å²) >= 11 is 6.11. The summed E-state index contributed by atoms with van der Waals surface area (Å²) in [4.78, 5) is 26.0. The maximum atomic E-state index is 12.5. The van der Waals surface area contributed by atoms with E-state index >= 15 is 0 Å². The fourth-order valence-corrected chi connectivity index (χ4v) is 4.25. The molecule has 0 radical (unpaired) electrons. The van der Waals surface area contributed by atoms with E-state index in [0.29, 0.717) is 17.5 Å². The summed E-state index contributed by atoms with van der Waals surface area (Å²) in [6, 6.07) is 7.70. The van der Waals surface area contributed by atoms with Crippen LogP contribution in [0.2, 0.25) is 5.02 Å². The van der Waals surface area contributed by atoms with Gasteiger partial charge in [0.15, 0.2) is 0 Å². The molecule has 1 atom stereocenters. The molecule has 2 aliphatic heterocycles. The van der Waals surface area contributed by atoms with Crippen LogP contribution in [0.3, 0.4) is 0 Å². The summed E-state index contributed by atoms with van der Waals surface area (Å²) in [6.07, 6.45) is 8.10. The third-order valence-electron chi connectivity index (χ3n) is 5.51. The molecule has 6 heteroatoms. The Labute approximate surface area is 165 Å². The Morgan fingerprint density at radius 1 is 1.15 bits per heavy atom. The maximum Gasteiger partial charge on any atom is 0.236 e. The summed E-state index contributed by atoms with van der Waals surface area (Å²) in [5.41, 5.74) is 2.83. The second-order valence-electron chi connectivity index (χ2n) is 7.50. The van der Waals surface area contributed by atoms with E-state index in [-0.39, 0.29) is 5.91 Å². The molecule has 0 bridgehead atoms. The van der Waals surface area contributed by atoms with Crippen LogP contribution in [-0.2, 0) is 4.79 Å². The first-order chi connectivity index (χ1) is 13.2. The Hall–Kier alpha value is -1.98. The van der Waals surface area contributed by atoms with E-state index in [9.17, 15) is 4.79 Å². The number of aromatic nitrogens is 2. The molecule has 1 amide bonds. The van der Waals surface area contributed by atoms with Gasteiger partial charge in [-0.2, -0.15) is 0 Å². The largest absolute Gasteiger partial charge is 0.342 e. The van der Waals surface area contributed by atoms with E-state index < -0.39 is 0 Å². The Kier molecular flexibility index (Phi) is 5.69. The van der Waals surface area contributed by atoms with Crippen LogP contribution in [0, 0.1) is 0 Å². The molecule has 2 fully saturated rings. The first kappa shape index (κ1) is 18.4. The van der Waals surface area contributed by atoms with Gasteiger partial charge in [-0.25, -0.2) is 4.98 Å². The van der Waals surface area contributed by atoms with E-state index in [4.69, 9.17) is 16.6 Å². The molecule has 1 aromatic carbocycles. The number of hydrogen-bond donors (Lipinski definition) is 0. The molecule has 2 aliphatic rings. The molecular weight excluding hydrogens is 360 g/mol. The summed E-state index contributed by atoms with van der Waals surface area (Å²) in [5, 5.41) is 0.698. The van der Waals surface area contributed by atoms with Gasteiger partial charge in [0.05, 0.1) is 24.1 Å². The van der Waals surface area contributed by atoms with Crippen molar-refractivity contribution in [2.24, 2.45) is 0 Å². The highest BCUT2D eigenvalue weighted by molar-refractivity contribution is 6.30. The topological polar surface area (TPSA) is 49.3 Å². The van der Waals surface area contributed by atoms with E-state index in [1.807, 2.05) is 35.4 Å². The van der Waals surface area contributed by atoms with Gasteiger partial charge in [-0.3, -0.25) is 14.7 Å². The minimum absolute atomic E-state index is 0.270. The lowest BCUT2D eigenvalue weighted by Gasteiger charge is -2.32. The molecule has 142 valence electrons. The Morgan fingerprint density at radius 2 is 2.00 bits per heavy atom. The molecule has 0 N–H and O–H groups in total. The van der Waals surface area contributed by atoms with Crippen molar-refractivity contribution in [2.75, 3.05) is 32.7 Å². The van der Waals surface area contributed by atoms with Gasteiger partial charge in [0.1, 0.15) is 0 Å².